The maximum absolute atomic E-state index is 12.7. The van der Waals surface area contributed by atoms with E-state index in [2.05, 4.69) is 26.0 Å². The van der Waals surface area contributed by atoms with Gasteiger partial charge in [-0.15, -0.1) is 0 Å². The fraction of sp³-hybridized carbons (Fsp3) is 0.409. The van der Waals surface area contributed by atoms with Crippen molar-refractivity contribution in [3.05, 3.63) is 65.2 Å². The third-order valence-electron chi connectivity index (χ3n) is 4.57. The van der Waals surface area contributed by atoms with E-state index in [1.54, 1.807) is 30.1 Å². The van der Waals surface area contributed by atoms with Crippen molar-refractivity contribution < 1.29 is 15.0 Å². The molecule has 0 saturated carbocycles. The van der Waals surface area contributed by atoms with Crippen molar-refractivity contribution in [2.24, 2.45) is 5.92 Å². The summed E-state index contributed by atoms with van der Waals surface area (Å²) >= 11 is 0. The maximum atomic E-state index is 12.7. The van der Waals surface area contributed by atoms with Crippen LogP contribution in [0.1, 0.15) is 49.5 Å². The molecule has 0 fully saturated rings. The molecule has 0 bridgehead atoms. The third kappa shape index (κ3) is 5.33. The van der Waals surface area contributed by atoms with E-state index in [1.165, 1.54) is 11.6 Å². The van der Waals surface area contributed by atoms with Crippen molar-refractivity contribution in [1.29, 1.82) is 0 Å². The third-order valence-corrected chi connectivity index (χ3v) is 4.57. The Bertz CT molecular complexity index is 724. The smallest absolute Gasteiger partial charge is 0.229 e. The van der Waals surface area contributed by atoms with Crippen molar-refractivity contribution >= 4 is 5.91 Å². The number of carbonyl (C=O) groups is 1. The second-order valence-electron chi connectivity index (χ2n) is 7.39. The molecule has 0 heterocycles. The highest BCUT2D eigenvalue weighted by atomic mass is 16.3. The number of phenols is 1. The molecule has 0 radical (unpaired) electrons. The van der Waals surface area contributed by atoms with Crippen molar-refractivity contribution in [3.63, 3.8) is 0 Å². The minimum absolute atomic E-state index is 0.0409. The monoisotopic (exact) mass is 355 g/mol. The second kappa shape index (κ2) is 8.86. The summed E-state index contributed by atoms with van der Waals surface area (Å²) in [7, 11) is 1.69. The van der Waals surface area contributed by atoms with Crippen LogP contribution < -0.4 is 0 Å². The average molecular weight is 355 g/mol. The molecule has 4 heteroatoms. The van der Waals surface area contributed by atoms with Gasteiger partial charge in [-0.2, -0.15) is 0 Å². The molecule has 0 spiro atoms. The topological polar surface area (TPSA) is 60.8 Å². The Balaban J connectivity index is 2.00. The van der Waals surface area contributed by atoms with Crippen LogP contribution in [0.5, 0.6) is 5.75 Å². The Hall–Kier alpha value is -2.33. The van der Waals surface area contributed by atoms with Crippen LogP contribution in [0, 0.1) is 5.92 Å². The van der Waals surface area contributed by atoms with Gasteiger partial charge in [0.25, 0.3) is 0 Å². The Labute approximate surface area is 156 Å². The molecule has 2 rings (SSSR count). The molecular weight excluding hydrogens is 326 g/mol. The van der Waals surface area contributed by atoms with E-state index in [0.29, 0.717) is 11.5 Å². The van der Waals surface area contributed by atoms with Gasteiger partial charge in [0.15, 0.2) is 0 Å². The van der Waals surface area contributed by atoms with Crippen molar-refractivity contribution in [1.82, 2.24) is 4.90 Å². The first kappa shape index (κ1) is 20.0. The van der Waals surface area contributed by atoms with Crippen molar-refractivity contribution in [2.45, 2.75) is 39.2 Å². The van der Waals surface area contributed by atoms with Gasteiger partial charge in [-0.3, -0.25) is 4.79 Å². The van der Waals surface area contributed by atoms with E-state index >= 15 is 0 Å². The summed E-state index contributed by atoms with van der Waals surface area (Å²) in [5.41, 5.74) is 2.84. The SMILES string of the molecule is CC(C)Cc1ccc(C(C)C(=O)N(C)CC(O)c2cccc(O)c2)cc1. The minimum atomic E-state index is -0.836. The number of aliphatic hydroxyl groups excluding tert-OH is 1. The molecular formula is C22H29NO3. The van der Waals surface area contributed by atoms with E-state index in [4.69, 9.17) is 0 Å². The summed E-state index contributed by atoms with van der Waals surface area (Å²) in [4.78, 5) is 14.2. The Kier molecular flexibility index (Phi) is 6.81. The second-order valence-corrected chi connectivity index (χ2v) is 7.39. The van der Waals surface area contributed by atoms with Crippen LogP contribution in [0.15, 0.2) is 48.5 Å². The van der Waals surface area contributed by atoms with Gasteiger partial charge in [0.2, 0.25) is 5.91 Å². The van der Waals surface area contributed by atoms with Gasteiger partial charge in [0.1, 0.15) is 5.75 Å². The van der Waals surface area contributed by atoms with E-state index in [0.717, 1.165) is 12.0 Å². The van der Waals surface area contributed by atoms with Crippen molar-refractivity contribution in [2.75, 3.05) is 13.6 Å². The lowest BCUT2D eigenvalue weighted by atomic mass is 9.96. The lowest BCUT2D eigenvalue weighted by Gasteiger charge is -2.24. The number of carbonyl (C=O) groups excluding carboxylic acids is 1. The molecule has 2 aromatic rings. The molecule has 0 aliphatic heterocycles. The zero-order chi connectivity index (χ0) is 19.3. The number of likely N-dealkylation sites (N-methyl/N-ethyl adjacent to an activating group) is 1. The van der Waals surface area contributed by atoms with E-state index in [9.17, 15) is 15.0 Å². The summed E-state index contributed by atoms with van der Waals surface area (Å²) in [6.07, 6.45) is 0.190. The van der Waals surface area contributed by atoms with Crippen LogP contribution >= 0.6 is 0 Å². The minimum Gasteiger partial charge on any atom is -0.508 e. The first-order valence-electron chi connectivity index (χ1n) is 9.08. The highest BCUT2D eigenvalue weighted by Gasteiger charge is 2.22. The number of amides is 1. The number of hydrogen-bond acceptors (Lipinski definition) is 3. The summed E-state index contributed by atoms with van der Waals surface area (Å²) < 4.78 is 0. The largest absolute Gasteiger partial charge is 0.508 e. The zero-order valence-corrected chi connectivity index (χ0v) is 16.0. The van der Waals surface area contributed by atoms with Gasteiger partial charge in [-0.05, 0) is 48.1 Å². The number of benzene rings is 2. The van der Waals surface area contributed by atoms with E-state index in [-0.39, 0.29) is 24.1 Å². The Morgan fingerprint density at radius 3 is 2.27 bits per heavy atom. The number of aliphatic hydroxyl groups is 1. The van der Waals surface area contributed by atoms with Crippen LogP contribution in [0.4, 0.5) is 0 Å². The lowest BCUT2D eigenvalue weighted by molar-refractivity contribution is -0.132. The standard InChI is InChI=1S/C22H29NO3/c1-15(2)12-17-8-10-18(11-9-17)16(3)22(26)23(4)14-21(25)19-6-5-7-20(24)13-19/h5-11,13,15-16,21,24-25H,12,14H2,1-4H3. The molecule has 140 valence electrons. The zero-order valence-electron chi connectivity index (χ0n) is 16.0. The first-order valence-corrected chi connectivity index (χ1v) is 9.08. The van der Waals surface area contributed by atoms with Gasteiger partial charge in [0.05, 0.1) is 18.6 Å². The van der Waals surface area contributed by atoms with Gasteiger partial charge in [0, 0.05) is 7.05 Å². The van der Waals surface area contributed by atoms with Gasteiger partial charge < -0.3 is 15.1 Å². The van der Waals surface area contributed by atoms with Crippen LogP contribution in [-0.2, 0) is 11.2 Å². The lowest BCUT2D eigenvalue weighted by Crippen LogP contribution is -2.34. The Morgan fingerprint density at radius 1 is 1.04 bits per heavy atom. The van der Waals surface area contributed by atoms with Crippen LogP contribution in [0.3, 0.4) is 0 Å². The predicted molar refractivity (Wildman–Crippen MR) is 104 cm³/mol. The number of phenolic OH excluding ortho intramolecular Hbond substituents is 1. The summed E-state index contributed by atoms with van der Waals surface area (Å²) in [6.45, 7) is 6.44. The molecule has 2 atom stereocenters. The van der Waals surface area contributed by atoms with E-state index < -0.39 is 6.10 Å². The fourth-order valence-electron chi connectivity index (χ4n) is 3.07. The van der Waals surface area contributed by atoms with Crippen molar-refractivity contribution in [3.8, 4) is 5.75 Å². The summed E-state index contributed by atoms with van der Waals surface area (Å²) in [5.74, 6) is 0.389. The first-order chi connectivity index (χ1) is 12.3. The number of hydrogen-bond donors (Lipinski definition) is 2. The van der Waals surface area contributed by atoms with Gasteiger partial charge in [-0.1, -0.05) is 50.2 Å². The van der Waals surface area contributed by atoms with Crippen LogP contribution in [-0.4, -0.2) is 34.6 Å². The normalized spacial score (nSPS) is 13.5. The van der Waals surface area contributed by atoms with Gasteiger partial charge >= 0.3 is 0 Å². The summed E-state index contributed by atoms with van der Waals surface area (Å²) in [5, 5.41) is 19.9. The summed E-state index contributed by atoms with van der Waals surface area (Å²) in [6, 6.07) is 14.7. The molecule has 0 aliphatic rings. The van der Waals surface area contributed by atoms with Gasteiger partial charge in [-0.25, -0.2) is 0 Å². The molecule has 0 aromatic heterocycles. The van der Waals surface area contributed by atoms with Crippen LogP contribution in [0.25, 0.3) is 0 Å². The molecule has 2 aromatic carbocycles. The quantitative estimate of drug-likeness (QED) is 0.792. The molecule has 1 amide bonds. The predicted octanol–water partition coefficient (Wildman–Crippen LogP) is 3.89. The number of nitrogens with zero attached hydrogens (tertiary/aromatic N) is 1. The number of aromatic hydroxyl groups is 1. The van der Waals surface area contributed by atoms with Crippen LogP contribution in [0.2, 0.25) is 0 Å². The van der Waals surface area contributed by atoms with E-state index in [1.807, 2.05) is 19.1 Å². The highest BCUT2D eigenvalue weighted by Crippen LogP contribution is 2.22. The molecule has 0 saturated heterocycles. The maximum Gasteiger partial charge on any atom is 0.229 e. The average Bonchev–Trinajstić information content (AvgIpc) is 2.60. The highest BCUT2D eigenvalue weighted by molar-refractivity contribution is 5.83. The number of rotatable bonds is 7. The fourth-order valence-corrected chi connectivity index (χ4v) is 3.07. The molecule has 0 aliphatic carbocycles. The molecule has 2 unspecified atom stereocenters. The molecule has 26 heavy (non-hydrogen) atoms. The molecule has 4 nitrogen and oxygen atoms in total. The Morgan fingerprint density at radius 2 is 1.69 bits per heavy atom. The molecule has 2 N–H and O–H groups in total.